The number of allylic oxidation sites excluding steroid dienone is 6. The molecule has 6 nitrogen and oxygen atoms in total. The van der Waals surface area contributed by atoms with Crippen LogP contribution in [-0.2, 0) is 19.1 Å². The molecule has 6 rings (SSSR count). The minimum Gasteiger partial charge on any atom is -0.465 e. The van der Waals surface area contributed by atoms with E-state index in [1.807, 2.05) is 12.2 Å². The Bertz CT molecular complexity index is 1440. The molecule has 6 aliphatic rings. The number of ether oxygens (including phenoxy) is 2. The van der Waals surface area contributed by atoms with Crippen molar-refractivity contribution in [3.05, 3.63) is 54.3 Å². The van der Waals surface area contributed by atoms with Crippen molar-refractivity contribution in [3.63, 3.8) is 0 Å². The first-order valence-corrected chi connectivity index (χ1v) is 16.4. The van der Waals surface area contributed by atoms with Crippen molar-refractivity contribution in [3.8, 4) is 12.1 Å². The number of carbonyl (C=O) groups excluding carboxylic acids is 2. The van der Waals surface area contributed by atoms with Gasteiger partial charge in [-0.05, 0) is 87.8 Å². The lowest BCUT2D eigenvalue weighted by molar-refractivity contribution is -0.172. The van der Waals surface area contributed by atoms with E-state index in [9.17, 15) is 20.1 Å². The lowest BCUT2D eigenvalue weighted by Gasteiger charge is -2.51. The van der Waals surface area contributed by atoms with Gasteiger partial charge in [0, 0.05) is 11.8 Å². The van der Waals surface area contributed by atoms with Gasteiger partial charge in [-0.25, -0.2) is 0 Å². The molecule has 2 unspecified atom stereocenters. The Morgan fingerprint density at radius 2 is 1.27 bits per heavy atom. The van der Waals surface area contributed by atoms with Crippen LogP contribution in [0.4, 0.5) is 0 Å². The minimum atomic E-state index is -2.14. The van der Waals surface area contributed by atoms with Crippen molar-refractivity contribution < 1.29 is 19.1 Å². The fraction of sp³-hybridized carbons (Fsp3) is 0.548. The molecule has 0 aromatic heterocycles. The quantitative estimate of drug-likeness (QED) is 0.234. The minimum absolute atomic E-state index is 0.00208. The molecule has 3 saturated carbocycles. The first-order chi connectivity index (χ1) is 19.5. The molecule has 2 heterocycles. The summed E-state index contributed by atoms with van der Waals surface area (Å²) in [5, 5.41) is 22.2. The monoisotopic (exact) mass is 628 g/mol. The van der Waals surface area contributed by atoms with Gasteiger partial charge in [-0.3, -0.25) is 9.59 Å². The van der Waals surface area contributed by atoms with Crippen LogP contribution in [0.25, 0.3) is 0 Å². The van der Waals surface area contributed by atoms with Gasteiger partial charge in [0.2, 0.25) is 0 Å². The van der Waals surface area contributed by atoms with Gasteiger partial charge in [0.1, 0.15) is 0 Å². The molecule has 0 saturated heterocycles. The molecule has 0 aromatic rings. The molecule has 0 N–H and O–H groups in total. The van der Waals surface area contributed by atoms with Crippen molar-refractivity contribution in [1.29, 1.82) is 10.5 Å². The molecule has 0 radical (unpaired) electrons. The van der Waals surface area contributed by atoms with Crippen LogP contribution in [0.3, 0.4) is 0 Å². The highest BCUT2D eigenvalue weighted by molar-refractivity contribution is 8.10. The SMILES string of the molecule is CCOC(=O)[C@]1(C#N)[C@@H]2C3=C4C=C(Cl)SC4(C)C4(C)SC(Cl)=CC4=C3[C@@H](C2=C2CCCCC2)[C@@]1(C#N)C(=O)OCC. The van der Waals surface area contributed by atoms with Gasteiger partial charge in [-0.15, -0.1) is 23.5 Å². The summed E-state index contributed by atoms with van der Waals surface area (Å²) in [6, 6.07) is 4.52. The van der Waals surface area contributed by atoms with E-state index in [4.69, 9.17) is 32.7 Å². The molecule has 3 fully saturated rings. The zero-order valence-electron chi connectivity index (χ0n) is 23.4. The number of rotatable bonds is 4. The maximum absolute atomic E-state index is 14.2. The topological polar surface area (TPSA) is 100 Å². The van der Waals surface area contributed by atoms with E-state index in [1.165, 1.54) is 23.5 Å². The summed E-state index contributed by atoms with van der Waals surface area (Å²) in [7, 11) is 0. The number of hydrogen-bond acceptors (Lipinski definition) is 8. The lowest BCUT2D eigenvalue weighted by Crippen LogP contribution is -2.59. The van der Waals surface area contributed by atoms with Gasteiger partial charge in [0.15, 0.2) is 10.8 Å². The number of nitriles is 2. The summed E-state index contributed by atoms with van der Waals surface area (Å²) < 4.78 is 11.2. The number of halogens is 2. The normalized spacial score (nSPS) is 38.5. The number of thioether (sulfide) groups is 2. The van der Waals surface area contributed by atoms with E-state index >= 15 is 0 Å². The number of fused-ring (bicyclic) bond motifs is 8. The number of nitrogens with zero attached hydrogens (tertiary/aromatic N) is 2. The zero-order valence-corrected chi connectivity index (χ0v) is 26.5. The van der Waals surface area contributed by atoms with E-state index < -0.39 is 44.1 Å². The molecule has 4 aliphatic carbocycles. The van der Waals surface area contributed by atoms with E-state index in [0.717, 1.165) is 65.5 Å². The largest absolute Gasteiger partial charge is 0.465 e. The molecule has 0 aromatic carbocycles. The van der Waals surface area contributed by atoms with Gasteiger partial charge in [-0.2, -0.15) is 10.5 Å². The average molecular weight is 630 g/mol. The van der Waals surface area contributed by atoms with Crippen LogP contribution in [0.15, 0.2) is 54.3 Å². The highest BCUT2D eigenvalue weighted by Crippen LogP contribution is 2.79. The fourth-order valence-electron chi connectivity index (χ4n) is 8.30. The van der Waals surface area contributed by atoms with Gasteiger partial charge < -0.3 is 9.47 Å². The first kappa shape index (κ1) is 29.0. The standard InChI is InChI=1S/C31H30Cl2N2O4S2/c1-5-38-26(36)30(14-34)24-21(16-10-8-7-9-11-16)25(31(30,15-35)27(37)39-6-2)23-18-13-20(33)41-29(18,4)28(3)17(22(23)24)12-19(32)40-28/h12-13,24-25H,5-11H2,1-4H3/t24-,25+,28?,29?,30-,31-/m0/s1. The Hall–Kier alpha value is -2.10. The van der Waals surface area contributed by atoms with Crippen molar-refractivity contribution in [1.82, 2.24) is 0 Å². The van der Waals surface area contributed by atoms with Crippen molar-refractivity contribution in [2.45, 2.75) is 69.3 Å². The van der Waals surface area contributed by atoms with Gasteiger partial charge in [0.25, 0.3) is 0 Å². The van der Waals surface area contributed by atoms with Crippen LogP contribution >= 0.6 is 46.7 Å². The molecule has 0 spiro atoms. The van der Waals surface area contributed by atoms with Crippen LogP contribution in [0.1, 0.15) is 59.8 Å². The number of carbonyl (C=O) groups is 2. The van der Waals surface area contributed by atoms with Crippen molar-refractivity contribution in [2.24, 2.45) is 22.7 Å². The summed E-state index contributed by atoms with van der Waals surface area (Å²) in [6.45, 7) is 7.57. The predicted octanol–water partition coefficient (Wildman–Crippen LogP) is 7.43. The Morgan fingerprint density at radius 3 is 1.63 bits per heavy atom. The second kappa shape index (κ2) is 9.71. The third-order valence-corrected chi connectivity index (χ3v) is 13.5. The summed E-state index contributed by atoms with van der Waals surface area (Å²) in [5.74, 6) is -3.43. The highest BCUT2D eigenvalue weighted by Gasteiger charge is 2.84. The Morgan fingerprint density at radius 1 is 0.854 bits per heavy atom. The lowest BCUT2D eigenvalue weighted by atomic mass is 9.51. The summed E-state index contributed by atoms with van der Waals surface area (Å²) in [5.41, 5.74) is 1.15. The van der Waals surface area contributed by atoms with Gasteiger partial charge in [0.05, 0.1) is 43.6 Å². The molecule has 41 heavy (non-hydrogen) atoms. The van der Waals surface area contributed by atoms with Crippen LogP contribution in [-0.4, -0.2) is 34.6 Å². The molecule has 0 amide bonds. The average Bonchev–Trinajstić information content (AvgIpc) is 3.63. The van der Waals surface area contributed by atoms with Crippen molar-refractivity contribution >= 4 is 58.7 Å². The molecule has 10 heteroatoms. The van der Waals surface area contributed by atoms with Crippen LogP contribution in [0.5, 0.6) is 0 Å². The van der Waals surface area contributed by atoms with Gasteiger partial charge >= 0.3 is 11.9 Å². The van der Waals surface area contributed by atoms with E-state index in [2.05, 4.69) is 26.0 Å². The van der Waals surface area contributed by atoms with E-state index in [0.29, 0.717) is 8.73 Å². The molecular formula is C31H30Cl2N2O4S2. The Labute approximate surface area is 258 Å². The molecule has 6 atom stereocenters. The molecular weight excluding hydrogens is 599 g/mol. The van der Waals surface area contributed by atoms with E-state index in [1.54, 1.807) is 13.8 Å². The number of esters is 2. The summed E-state index contributed by atoms with van der Waals surface area (Å²) in [6.07, 6.45) is 8.45. The fourth-order valence-corrected chi connectivity index (χ4v) is 12.0. The van der Waals surface area contributed by atoms with Crippen molar-refractivity contribution in [2.75, 3.05) is 13.2 Å². The maximum Gasteiger partial charge on any atom is 0.329 e. The molecule has 214 valence electrons. The Kier molecular flexibility index (Phi) is 6.87. The molecule has 2 bridgehead atoms. The summed E-state index contributed by atoms with van der Waals surface area (Å²) >= 11 is 16.6. The Balaban J connectivity index is 1.82. The smallest absolute Gasteiger partial charge is 0.329 e. The predicted molar refractivity (Wildman–Crippen MR) is 160 cm³/mol. The van der Waals surface area contributed by atoms with Crippen LogP contribution in [0, 0.1) is 45.3 Å². The number of hydrogen-bond donors (Lipinski definition) is 0. The third kappa shape index (κ3) is 3.29. The molecule has 2 aliphatic heterocycles. The second-order valence-corrected chi connectivity index (χ2v) is 15.8. The van der Waals surface area contributed by atoms with E-state index in [-0.39, 0.29) is 13.2 Å². The van der Waals surface area contributed by atoms with Gasteiger partial charge in [-0.1, -0.05) is 40.8 Å². The second-order valence-electron chi connectivity index (χ2n) is 11.6. The highest BCUT2D eigenvalue weighted by atomic mass is 35.5. The third-order valence-electron chi connectivity index (χ3n) is 10.0. The first-order valence-electron chi connectivity index (χ1n) is 14.0. The van der Waals surface area contributed by atoms with Crippen LogP contribution < -0.4 is 0 Å². The van der Waals surface area contributed by atoms with Crippen LogP contribution in [0.2, 0.25) is 0 Å². The summed E-state index contributed by atoms with van der Waals surface area (Å²) in [4.78, 5) is 28.4. The zero-order chi connectivity index (χ0) is 29.5. The maximum atomic E-state index is 14.2.